The SMILES string of the molecule is c1ccc2c3c(ccc2c1)OC1CCCCCC31. The molecule has 0 saturated heterocycles. The Morgan fingerprint density at radius 3 is 2.78 bits per heavy atom. The van der Waals surface area contributed by atoms with Crippen LogP contribution in [0.4, 0.5) is 0 Å². The maximum atomic E-state index is 6.20. The van der Waals surface area contributed by atoms with Gasteiger partial charge in [-0.15, -0.1) is 0 Å². The molecule has 2 atom stereocenters. The van der Waals surface area contributed by atoms with Crippen LogP contribution in [0.2, 0.25) is 0 Å². The van der Waals surface area contributed by atoms with Gasteiger partial charge in [0.25, 0.3) is 0 Å². The summed E-state index contributed by atoms with van der Waals surface area (Å²) in [5.74, 6) is 1.78. The van der Waals surface area contributed by atoms with Gasteiger partial charge in [-0.05, 0) is 36.1 Å². The molecule has 0 spiro atoms. The molecule has 2 aliphatic rings. The molecule has 4 rings (SSSR count). The molecule has 1 saturated carbocycles. The highest BCUT2D eigenvalue weighted by molar-refractivity contribution is 5.89. The Kier molecular flexibility index (Phi) is 2.32. The highest BCUT2D eigenvalue weighted by Gasteiger charge is 2.35. The van der Waals surface area contributed by atoms with Crippen molar-refractivity contribution >= 4 is 10.8 Å². The fraction of sp³-hybridized carbons (Fsp3) is 0.412. The smallest absolute Gasteiger partial charge is 0.124 e. The van der Waals surface area contributed by atoms with Crippen LogP contribution in [-0.2, 0) is 0 Å². The molecule has 1 aliphatic heterocycles. The zero-order valence-corrected chi connectivity index (χ0v) is 10.6. The first-order chi connectivity index (χ1) is 8.93. The fourth-order valence-electron chi connectivity index (χ4n) is 3.67. The van der Waals surface area contributed by atoms with E-state index in [2.05, 4.69) is 36.4 Å². The topological polar surface area (TPSA) is 9.23 Å². The molecule has 0 amide bonds. The van der Waals surface area contributed by atoms with Crippen molar-refractivity contribution in [3.05, 3.63) is 42.0 Å². The summed E-state index contributed by atoms with van der Waals surface area (Å²) in [5.41, 5.74) is 1.49. The van der Waals surface area contributed by atoms with E-state index in [0.29, 0.717) is 12.0 Å². The van der Waals surface area contributed by atoms with Crippen molar-refractivity contribution in [3.63, 3.8) is 0 Å². The Morgan fingerprint density at radius 2 is 1.78 bits per heavy atom. The lowest BCUT2D eigenvalue weighted by Crippen LogP contribution is -2.16. The first kappa shape index (κ1) is 10.4. The molecule has 1 aliphatic carbocycles. The van der Waals surface area contributed by atoms with Crippen molar-refractivity contribution in [2.24, 2.45) is 0 Å². The molecule has 0 radical (unpaired) electrons. The second-order valence-electron chi connectivity index (χ2n) is 5.60. The lowest BCUT2D eigenvalue weighted by Gasteiger charge is -2.15. The van der Waals surface area contributed by atoms with Crippen molar-refractivity contribution in [1.82, 2.24) is 0 Å². The number of ether oxygens (including phenoxy) is 1. The van der Waals surface area contributed by atoms with Crippen LogP contribution in [0.1, 0.15) is 43.6 Å². The van der Waals surface area contributed by atoms with E-state index < -0.39 is 0 Å². The molecule has 2 unspecified atom stereocenters. The van der Waals surface area contributed by atoms with Crippen molar-refractivity contribution < 1.29 is 4.74 Å². The minimum absolute atomic E-state index is 0.438. The number of hydrogen-bond acceptors (Lipinski definition) is 1. The van der Waals surface area contributed by atoms with Crippen LogP contribution in [0.5, 0.6) is 5.75 Å². The first-order valence-electron chi connectivity index (χ1n) is 7.12. The zero-order valence-electron chi connectivity index (χ0n) is 10.6. The van der Waals surface area contributed by atoms with Crippen LogP contribution in [-0.4, -0.2) is 6.10 Å². The summed E-state index contributed by atoms with van der Waals surface area (Å²) >= 11 is 0. The maximum absolute atomic E-state index is 6.20. The lowest BCUT2D eigenvalue weighted by molar-refractivity contribution is 0.196. The summed E-state index contributed by atoms with van der Waals surface area (Å²) in [7, 11) is 0. The zero-order chi connectivity index (χ0) is 11.9. The minimum atomic E-state index is 0.438. The first-order valence-corrected chi connectivity index (χ1v) is 7.12. The van der Waals surface area contributed by atoms with Gasteiger partial charge in [0.2, 0.25) is 0 Å². The Labute approximate surface area is 108 Å². The Bertz CT molecular complexity index is 587. The monoisotopic (exact) mass is 238 g/mol. The summed E-state index contributed by atoms with van der Waals surface area (Å²) in [5, 5.41) is 2.76. The third-order valence-corrected chi connectivity index (χ3v) is 4.53. The van der Waals surface area contributed by atoms with Gasteiger partial charge >= 0.3 is 0 Å². The molecular formula is C17H18O. The standard InChI is InChI=1S/C17H18O/c1-2-8-14-15(9-3-1)18-16-11-10-12-6-4-5-7-13(12)17(14)16/h4-7,10-11,14-15H,1-3,8-9H2. The van der Waals surface area contributed by atoms with Crippen LogP contribution in [0, 0.1) is 0 Å². The largest absolute Gasteiger partial charge is 0.489 e. The molecule has 1 fully saturated rings. The van der Waals surface area contributed by atoms with E-state index in [1.807, 2.05) is 0 Å². The van der Waals surface area contributed by atoms with Crippen molar-refractivity contribution in [2.75, 3.05) is 0 Å². The average Bonchev–Trinajstić information content (AvgIpc) is 2.61. The molecule has 1 nitrogen and oxygen atoms in total. The Morgan fingerprint density at radius 1 is 0.889 bits per heavy atom. The normalized spacial score (nSPS) is 26.2. The molecule has 1 heteroatoms. The van der Waals surface area contributed by atoms with Crippen LogP contribution in [0.25, 0.3) is 10.8 Å². The van der Waals surface area contributed by atoms with Gasteiger partial charge < -0.3 is 4.74 Å². The van der Waals surface area contributed by atoms with Crippen LogP contribution in [0.15, 0.2) is 36.4 Å². The molecule has 1 heterocycles. The quantitative estimate of drug-likeness (QED) is 0.649. The van der Waals surface area contributed by atoms with E-state index in [1.165, 1.54) is 48.4 Å². The van der Waals surface area contributed by atoms with Gasteiger partial charge in [0.05, 0.1) is 0 Å². The second kappa shape index (κ2) is 4.01. The fourth-order valence-corrected chi connectivity index (χ4v) is 3.67. The summed E-state index contributed by atoms with van der Waals surface area (Å²) in [4.78, 5) is 0. The van der Waals surface area contributed by atoms with Crippen LogP contribution < -0.4 is 4.74 Å². The van der Waals surface area contributed by atoms with Gasteiger partial charge in [-0.2, -0.15) is 0 Å². The summed E-state index contributed by atoms with van der Waals surface area (Å²) in [6.07, 6.45) is 7.02. The van der Waals surface area contributed by atoms with E-state index >= 15 is 0 Å². The molecule has 2 aromatic rings. The molecular weight excluding hydrogens is 220 g/mol. The van der Waals surface area contributed by atoms with Gasteiger partial charge in [0, 0.05) is 11.5 Å². The van der Waals surface area contributed by atoms with Crippen molar-refractivity contribution in [3.8, 4) is 5.75 Å². The number of rotatable bonds is 0. The van der Waals surface area contributed by atoms with Crippen molar-refractivity contribution in [2.45, 2.75) is 44.1 Å². The summed E-state index contributed by atoms with van der Waals surface area (Å²) in [6, 6.07) is 13.1. The van der Waals surface area contributed by atoms with Gasteiger partial charge in [0.1, 0.15) is 11.9 Å². The van der Waals surface area contributed by atoms with E-state index in [4.69, 9.17) is 4.74 Å². The highest BCUT2D eigenvalue weighted by Crippen LogP contribution is 2.47. The van der Waals surface area contributed by atoms with E-state index in [9.17, 15) is 0 Å². The molecule has 18 heavy (non-hydrogen) atoms. The summed E-state index contributed by atoms with van der Waals surface area (Å²) < 4.78 is 6.20. The predicted octanol–water partition coefficient (Wildman–Crippen LogP) is 4.65. The molecule has 0 aromatic heterocycles. The van der Waals surface area contributed by atoms with Crippen LogP contribution >= 0.6 is 0 Å². The molecule has 2 aromatic carbocycles. The number of fused-ring (bicyclic) bond motifs is 5. The predicted molar refractivity (Wildman–Crippen MR) is 74.2 cm³/mol. The molecule has 0 N–H and O–H groups in total. The van der Waals surface area contributed by atoms with Gasteiger partial charge in [-0.3, -0.25) is 0 Å². The Hall–Kier alpha value is -1.50. The van der Waals surface area contributed by atoms with E-state index in [0.717, 1.165) is 5.75 Å². The van der Waals surface area contributed by atoms with Gasteiger partial charge in [-0.25, -0.2) is 0 Å². The van der Waals surface area contributed by atoms with E-state index in [-0.39, 0.29) is 0 Å². The Balaban J connectivity index is 1.91. The van der Waals surface area contributed by atoms with E-state index in [1.54, 1.807) is 0 Å². The number of hydrogen-bond donors (Lipinski definition) is 0. The molecule has 92 valence electrons. The minimum Gasteiger partial charge on any atom is -0.489 e. The molecule has 0 bridgehead atoms. The van der Waals surface area contributed by atoms with Crippen LogP contribution in [0.3, 0.4) is 0 Å². The maximum Gasteiger partial charge on any atom is 0.124 e. The summed E-state index contributed by atoms with van der Waals surface area (Å²) in [6.45, 7) is 0. The third-order valence-electron chi connectivity index (χ3n) is 4.53. The van der Waals surface area contributed by atoms with Gasteiger partial charge in [0.15, 0.2) is 0 Å². The lowest BCUT2D eigenvalue weighted by atomic mass is 9.88. The average molecular weight is 238 g/mol. The van der Waals surface area contributed by atoms with Crippen molar-refractivity contribution in [1.29, 1.82) is 0 Å². The number of benzene rings is 2. The van der Waals surface area contributed by atoms with Gasteiger partial charge in [-0.1, -0.05) is 43.2 Å². The highest BCUT2D eigenvalue weighted by atomic mass is 16.5. The second-order valence-corrected chi connectivity index (χ2v) is 5.60. The third kappa shape index (κ3) is 1.46.